The van der Waals surface area contributed by atoms with Crippen molar-refractivity contribution < 1.29 is 4.79 Å². The normalized spacial score (nSPS) is 10.7. The highest BCUT2D eigenvalue weighted by Crippen LogP contribution is 2.10. The van der Waals surface area contributed by atoms with Gasteiger partial charge < -0.3 is 10.2 Å². The standard InChI is InChI=1S/C14H22N2OS/c1-12-6-4-7-13(10-12)15-14(17)11-18-9-5-8-16(2)3/h4,6-7,10H,5,8-9,11H2,1-3H3,(H,15,17). The second-order valence-corrected chi connectivity index (χ2v) is 5.73. The van der Waals surface area contributed by atoms with Gasteiger partial charge in [0.2, 0.25) is 5.91 Å². The van der Waals surface area contributed by atoms with E-state index in [0.29, 0.717) is 5.75 Å². The maximum absolute atomic E-state index is 11.7. The monoisotopic (exact) mass is 266 g/mol. The van der Waals surface area contributed by atoms with Gasteiger partial charge in [0.1, 0.15) is 0 Å². The molecule has 0 atom stereocenters. The van der Waals surface area contributed by atoms with Crippen molar-refractivity contribution in [2.24, 2.45) is 0 Å². The van der Waals surface area contributed by atoms with Crippen LogP contribution in [0.15, 0.2) is 24.3 Å². The first-order chi connectivity index (χ1) is 8.58. The summed E-state index contributed by atoms with van der Waals surface area (Å²) < 4.78 is 0. The topological polar surface area (TPSA) is 32.3 Å². The Labute approximate surface area is 114 Å². The molecule has 100 valence electrons. The SMILES string of the molecule is Cc1cccc(NC(=O)CSCCCN(C)C)c1. The summed E-state index contributed by atoms with van der Waals surface area (Å²) in [6.45, 7) is 3.10. The number of anilines is 1. The molecule has 0 saturated carbocycles. The van der Waals surface area contributed by atoms with E-state index < -0.39 is 0 Å². The molecule has 0 radical (unpaired) electrons. The van der Waals surface area contributed by atoms with Crippen LogP contribution in [0.2, 0.25) is 0 Å². The summed E-state index contributed by atoms with van der Waals surface area (Å²) in [6, 6.07) is 7.87. The third kappa shape index (κ3) is 6.67. The molecule has 0 heterocycles. The zero-order chi connectivity index (χ0) is 13.4. The van der Waals surface area contributed by atoms with Crippen molar-refractivity contribution in [1.29, 1.82) is 0 Å². The molecule has 1 amide bonds. The van der Waals surface area contributed by atoms with Crippen molar-refractivity contribution in [2.75, 3.05) is 37.5 Å². The first kappa shape index (κ1) is 15.1. The number of hydrogen-bond donors (Lipinski definition) is 1. The van der Waals surface area contributed by atoms with E-state index in [2.05, 4.69) is 24.3 Å². The van der Waals surface area contributed by atoms with E-state index in [-0.39, 0.29) is 5.91 Å². The average Bonchev–Trinajstić information content (AvgIpc) is 2.28. The van der Waals surface area contributed by atoms with Crippen LogP contribution in [0, 0.1) is 6.92 Å². The van der Waals surface area contributed by atoms with Crippen LogP contribution in [-0.2, 0) is 4.79 Å². The summed E-state index contributed by atoms with van der Waals surface area (Å²) in [4.78, 5) is 13.8. The molecule has 0 aliphatic rings. The smallest absolute Gasteiger partial charge is 0.234 e. The van der Waals surface area contributed by atoms with E-state index in [9.17, 15) is 4.79 Å². The molecule has 0 bridgehead atoms. The molecule has 1 aromatic rings. The van der Waals surface area contributed by atoms with Gasteiger partial charge in [-0.2, -0.15) is 11.8 Å². The minimum absolute atomic E-state index is 0.0791. The van der Waals surface area contributed by atoms with E-state index in [1.807, 2.05) is 31.2 Å². The van der Waals surface area contributed by atoms with Gasteiger partial charge >= 0.3 is 0 Å². The fourth-order valence-electron chi connectivity index (χ4n) is 1.57. The van der Waals surface area contributed by atoms with Gasteiger partial charge in [-0.25, -0.2) is 0 Å². The predicted octanol–water partition coefficient (Wildman–Crippen LogP) is 2.62. The van der Waals surface area contributed by atoms with Gasteiger partial charge in [0, 0.05) is 5.69 Å². The molecule has 0 fully saturated rings. The lowest BCUT2D eigenvalue weighted by atomic mass is 10.2. The first-order valence-corrected chi connectivity index (χ1v) is 7.32. The van der Waals surface area contributed by atoms with Crippen LogP contribution in [0.3, 0.4) is 0 Å². The molecule has 1 N–H and O–H groups in total. The Kier molecular flexibility index (Phi) is 6.83. The number of carbonyl (C=O) groups excluding carboxylic acids is 1. The summed E-state index contributed by atoms with van der Waals surface area (Å²) in [7, 11) is 4.13. The van der Waals surface area contributed by atoms with Crippen LogP contribution in [0.1, 0.15) is 12.0 Å². The number of rotatable bonds is 7. The number of carbonyl (C=O) groups is 1. The molecule has 0 spiro atoms. The van der Waals surface area contributed by atoms with E-state index in [1.54, 1.807) is 11.8 Å². The zero-order valence-corrected chi connectivity index (χ0v) is 12.2. The summed E-state index contributed by atoms with van der Waals surface area (Å²) in [6.07, 6.45) is 1.12. The fraction of sp³-hybridized carbons (Fsp3) is 0.500. The highest BCUT2D eigenvalue weighted by molar-refractivity contribution is 7.99. The molecular formula is C14H22N2OS. The number of aryl methyl sites for hydroxylation is 1. The number of benzene rings is 1. The highest BCUT2D eigenvalue weighted by Gasteiger charge is 2.02. The zero-order valence-electron chi connectivity index (χ0n) is 11.4. The third-order valence-corrected chi connectivity index (χ3v) is 3.47. The molecular weight excluding hydrogens is 244 g/mol. The molecule has 1 aromatic carbocycles. The van der Waals surface area contributed by atoms with E-state index in [4.69, 9.17) is 0 Å². The average molecular weight is 266 g/mol. The van der Waals surface area contributed by atoms with Gasteiger partial charge in [-0.15, -0.1) is 0 Å². The lowest BCUT2D eigenvalue weighted by Gasteiger charge is -2.09. The van der Waals surface area contributed by atoms with Crippen molar-refractivity contribution in [3.63, 3.8) is 0 Å². The van der Waals surface area contributed by atoms with Crippen LogP contribution in [0.4, 0.5) is 5.69 Å². The number of amides is 1. The molecule has 0 unspecified atom stereocenters. The number of hydrogen-bond acceptors (Lipinski definition) is 3. The molecule has 0 aliphatic heterocycles. The van der Waals surface area contributed by atoms with Crippen LogP contribution < -0.4 is 5.32 Å². The number of nitrogens with zero attached hydrogens (tertiary/aromatic N) is 1. The van der Waals surface area contributed by atoms with E-state index in [0.717, 1.165) is 30.0 Å². The lowest BCUT2D eigenvalue weighted by molar-refractivity contribution is -0.113. The van der Waals surface area contributed by atoms with Gasteiger partial charge in [0.25, 0.3) is 0 Å². The van der Waals surface area contributed by atoms with Gasteiger partial charge in [0.05, 0.1) is 5.75 Å². The van der Waals surface area contributed by atoms with Crippen molar-refractivity contribution in [2.45, 2.75) is 13.3 Å². The lowest BCUT2D eigenvalue weighted by Crippen LogP contribution is -2.16. The van der Waals surface area contributed by atoms with E-state index in [1.165, 1.54) is 0 Å². The molecule has 1 rings (SSSR count). The molecule has 4 heteroatoms. The Hall–Kier alpha value is -1.00. The van der Waals surface area contributed by atoms with Crippen LogP contribution in [0.25, 0.3) is 0 Å². The number of nitrogens with one attached hydrogen (secondary N) is 1. The molecule has 0 saturated heterocycles. The maximum atomic E-state index is 11.7. The first-order valence-electron chi connectivity index (χ1n) is 6.17. The highest BCUT2D eigenvalue weighted by atomic mass is 32.2. The Bertz CT molecular complexity index is 380. The predicted molar refractivity (Wildman–Crippen MR) is 80.3 cm³/mol. The van der Waals surface area contributed by atoms with Crippen molar-refractivity contribution in [1.82, 2.24) is 4.90 Å². The van der Waals surface area contributed by atoms with Crippen molar-refractivity contribution in [3.8, 4) is 0 Å². The Morgan fingerprint density at radius 2 is 2.17 bits per heavy atom. The minimum atomic E-state index is 0.0791. The summed E-state index contributed by atoms with van der Waals surface area (Å²) in [5, 5.41) is 2.91. The van der Waals surface area contributed by atoms with Crippen molar-refractivity contribution >= 4 is 23.4 Å². The van der Waals surface area contributed by atoms with Crippen molar-refractivity contribution in [3.05, 3.63) is 29.8 Å². The summed E-state index contributed by atoms with van der Waals surface area (Å²) >= 11 is 1.69. The number of thioether (sulfide) groups is 1. The Morgan fingerprint density at radius 1 is 1.39 bits per heavy atom. The van der Waals surface area contributed by atoms with Gasteiger partial charge in [-0.3, -0.25) is 4.79 Å². The second kappa shape index (κ2) is 8.16. The minimum Gasteiger partial charge on any atom is -0.325 e. The maximum Gasteiger partial charge on any atom is 0.234 e. The largest absolute Gasteiger partial charge is 0.325 e. The molecule has 0 aromatic heterocycles. The Balaban J connectivity index is 2.18. The third-order valence-electron chi connectivity index (χ3n) is 2.43. The quantitative estimate of drug-likeness (QED) is 0.770. The van der Waals surface area contributed by atoms with Gasteiger partial charge in [0.15, 0.2) is 0 Å². The molecule has 18 heavy (non-hydrogen) atoms. The summed E-state index contributed by atoms with van der Waals surface area (Å²) in [5.41, 5.74) is 2.04. The Morgan fingerprint density at radius 3 is 2.83 bits per heavy atom. The summed E-state index contributed by atoms with van der Waals surface area (Å²) in [5.74, 6) is 1.64. The fourth-order valence-corrected chi connectivity index (χ4v) is 2.30. The molecule has 3 nitrogen and oxygen atoms in total. The molecule has 0 aliphatic carbocycles. The van der Waals surface area contributed by atoms with Gasteiger partial charge in [-0.1, -0.05) is 12.1 Å². The second-order valence-electron chi connectivity index (χ2n) is 4.63. The van der Waals surface area contributed by atoms with Crippen LogP contribution in [-0.4, -0.2) is 43.0 Å². The van der Waals surface area contributed by atoms with Crippen LogP contribution in [0.5, 0.6) is 0 Å². The van der Waals surface area contributed by atoms with Crippen LogP contribution >= 0.6 is 11.8 Å². The van der Waals surface area contributed by atoms with Gasteiger partial charge in [-0.05, 0) is 57.4 Å². The van der Waals surface area contributed by atoms with E-state index >= 15 is 0 Å².